The Bertz CT molecular complexity index is 965. The predicted molar refractivity (Wildman–Crippen MR) is 94.5 cm³/mol. The number of aromatic nitrogens is 3. The van der Waals surface area contributed by atoms with Gasteiger partial charge in [0.25, 0.3) is 0 Å². The van der Waals surface area contributed by atoms with Gasteiger partial charge >= 0.3 is 5.97 Å². The van der Waals surface area contributed by atoms with E-state index in [1.54, 1.807) is 19.1 Å². The third kappa shape index (κ3) is 2.63. The van der Waals surface area contributed by atoms with Gasteiger partial charge in [0.05, 0.1) is 11.1 Å². The van der Waals surface area contributed by atoms with E-state index in [1.165, 1.54) is 10.8 Å². The summed E-state index contributed by atoms with van der Waals surface area (Å²) in [5.41, 5.74) is 4.26. The molecule has 0 radical (unpaired) electrons. The van der Waals surface area contributed by atoms with E-state index in [-0.39, 0.29) is 5.82 Å². The third-order valence-electron chi connectivity index (χ3n) is 5.81. The molecule has 2 fully saturated rings. The predicted octanol–water partition coefficient (Wildman–Crippen LogP) is 0.100. The highest BCUT2D eigenvalue weighted by Crippen LogP contribution is 2.43. The van der Waals surface area contributed by atoms with E-state index in [2.05, 4.69) is 10.1 Å². The van der Waals surface area contributed by atoms with Crippen molar-refractivity contribution >= 4 is 17.3 Å². The van der Waals surface area contributed by atoms with Crippen LogP contribution in [0.5, 0.6) is 0 Å². The Hall–Kier alpha value is -2.74. The van der Waals surface area contributed by atoms with Gasteiger partial charge in [-0.1, -0.05) is 6.42 Å². The average Bonchev–Trinajstić information content (AvgIpc) is 3.20. The molecule has 10 heteroatoms. The lowest BCUT2D eigenvalue weighted by Gasteiger charge is -2.36. The SMILES string of the molecule is CC1(C(=O)OC[C@@]2(C#N)O[C@@H](c3ccc4c(N)ncnn34)[C@H](O)[C@@H]2O)CCC1. The Morgan fingerprint density at radius 3 is 2.89 bits per heavy atom. The van der Waals surface area contributed by atoms with Crippen LogP contribution in [-0.2, 0) is 14.3 Å². The molecular weight excluding hydrogens is 366 g/mol. The first-order chi connectivity index (χ1) is 13.3. The first-order valence-electron chi connectivity index (χ1n) is 9.02. The summed E-state index contributed by atoms with van der Waals surface area (Å²) in [6.45, 7) is 1.32. The van der Waals surface area contributed by atoms with Crippen LogP contribution >= 0.6 is 0 Å². The number of aliphatic hydroxyl groups is 2. The number of nitriles is 1. The molecular formula is C18H21N5O5. The van der Waals surface area contributed by atoms with Crippen LogP contribution in [0.25, 0.3) is 5.52 Å². The Labute approximate surface area is 160 Å². The zero-order valence-corrected chi connectivity index (χ0v) is 15.3. The molecule has 4 N–H and O–H groups in total. The van der Waals surface area contributed by atoms with Crippen LogP contribution in [0.2, 0.25) is 0 Å². The van der Waals surface area contributed by atoms with E-state index in [0.29, 0.717) is 11.2 Å². The molecule has 0 spiro atoms. The van der Waals surface area contributed by atoms with Gasteiger partial charge in [-0.3, -0.25) is 4.79 Å². The second kappa shape index (κ2) is 6.41. The van der Waals surface area contributed by atoms with Gasteiger partial charge in [-0.2, -0.15) is 10.4 Å². The lowest BCUT2D eigenvalue weighted by molar-refractivity contribution is -0.170. The van der Waals surface area contributed by atoms with Crippen molar-refractivity contribution in [2.45, 2.75) is 50.1 Å². The number of hydrogen-bond acceptors (Lipinski definition) is 9. The largest absolute Gasteiger partial charge is 0.461 e. The zero-order valence-electron chi connectivity index (χ0n) is 15.3. The van der Waals surface area contributed by atoms with E-state index in [4.69, 9.17) is 15.2 Å². The summed E-state index contributed by atoms with van der Waals surface area (Å²) in [6, 6.07) is 5.15. The lowest BCUT2D eigenvalue weighted by Crippen LogP contribution is -2.48. The first-order valence-corrected chi connectivity index (χ1v) is 9.02. The monoisotopic (exact) mass is 387 g/mol. The minimum Gasteiger partial charge on any atom is -0.461 e. The topological polar surface area (TPSA) is 156 Å². The van der Waals surface area contributed by atoms with Crippen molar-refractivity contribution in [1.29, 1.82) is 5.26 Å². The number of carbonyl (C=O) groups excluding carboxylic acids is 1. The maximum absolute atomic E-state index is 12.3. The highest BCUT2D eigenvalue weighted by Gasteiger charge is 2.57. The standard InChI is InChI=1S/C18H21N5O5/c1-17(5-2-6-17)16(26)27-8-18(7-19)14(25)12(24)13(28-18)10-3-4-11-15(20)21-9-22-23(10)11/h3-4,9,12-14,24-25H,2,5-6,8H2,1H3,(H2,20,21,22)/t12-,13-,14-,18+/m0/s1. The van der Waals surface area contributed by atoms with Crippen LogP contribution in [0.1, 0.15) is 38.0 Å². The number of nitrogens with two attached hydrogens (primary N) is 1. The first kappa shape index (κ1) is 18.6. The summed E-state index contributed by atoms with van der Waals surface area (Å²) in [7, 11) is 0. The smallest absolute Gasteiger partial charge is 0.311 e. The summed E-state index contributed by atoms with van der Waals surface area (Å²) in [4.78, 5) is 16.2. The third-order valence-corrected chi connectivity index (χ3v) is 5.81. The maximum atomic E-state index is 12.3. The van der Waals surface area contributed by atoms with Gasteiger partial charge in [0.1, 0.15) is 42.8 Å². The molecule has 0 amide bonds. The molecule has 1 saturated heterocycles. The Morgan fingerprint density at radius 2 is 2.25 bits per heavy atom. The second-order valence-electron chi connectivity index (χ2n) is 7.67. The molecule has 1 aliphatic heterocycles. The van der Waals surface area contributed by atoms with Crippen molar-refractivity contribution < 1.29 is 24.5 Å². The average molecular weight is 387 g/mol. The number of nitrogens with zero attached hydrogens (tertiary/aromatic N) is 4. The number of ether oxygens (including phenoxy) is 2. The Morgan fingerprint density at radius 1 is 1.50 bits per heavy atom. The molecule has 4 atom stereocenters. The minimum atomic E-state index is -1.89. The van der Waals surface area contributed by atoms with Crippen LogP contribution in [0.3, 0.4) is 0 Å². The summed E-state index contributed by atoms with van der Waals surface area (Å²) in [5, 5.41) is 34.9. The molecule has 1 saturated carbocycles. The molecule has 3 heterocycles. The van der Waals surface area contributed by atoms with Gasteiger partial charge in [0, 0.05) is 0 Å². The molecule has 148 valence electrons. The molecule has 2 aliphatic rings. The Kier molecular flexibility index (Phi) is 4.26. The fourth-order valence-electron chi connectivity index (χ4n) is 3.73. The van der Waals surface area contributed by atoms with Gasteiger partial charge in [0.2, 0.25) is 5.60 Å². The lowest BCUT2D eigenvalue weighted by atomic mass is 9.70. The molecule has 4 rings (SSSR count). The number of fused-ring (bicyclic) bond motifs is 1. The fourth-order valence-corrected chi connectivity index (χ4v) is 3.73. The second-order valence-corrected chi connectivity index (χ2v) is 7.67. The number of anilines is 1. The molecule has 2 aromatic heterocycles. The Balaban J connectivity index is 1.59. The molecule has 0 aromatic carbocycles. The number of hydrogen-bond donors (Lipinski definition) is 3. The molecule has 0 unspecified atom stereocenters. The van der Waals surface area contributed by atoms with Crippen molar-refractivity contribution in [2.75, 3.05) is 12.3 Å². The summed E-state index contributed by atoms with van der Waals surface area (Å²) >= 11 is 0. The highest BCUT2D eigenvalue weighted by molar-refractivity contribution is 5.77. The molecule has 10 nitrogen and oxygen atoms in total. The summed E-state index contributed by atoms with van der Waals surface area (Å²) in [6.07, 6.45) is -0.427. The number of nitrogen functional groups attached to an aromatic ring is 1. The van der Waals surface area contributed by atoms with Crippen molar-refractivity contribution in [2.24, 2.45) is 5.41 Å². The van der Waals surface area contributed by atoms with Gasteiger partial charge in [-0.25, -0.2) is 9.50 Å². The normalized spacial score (nSPS) is 31.3. The van der Waals surface area contributed by atoms with Crippen molar-refractivity contribution in [3.63, 3.8) is 0 Å². The molecule has 2 aromatic rings. The van der Waals surface area contributed by atoms with Crippen LogP contribution in [-0.4, -0.2) is 55.2 Å². The van der Waals surface area contributed by atoms with E-state index in [0.717, 1.165) is 19.3 Å². The van der Waals surface area contributed by atoms with Crippen LogP contribution in [0.4, 0.5) is 5.82 Å². The summed E-state index contributed by atoms with van der Waals surface area (Å²) in [5.74, 6) is -0.195. The van der Waals surface area contributed by atoms with E-state index in [9.17, 15) is 20.3 Å². The zero-order chi connectivity index (χ0) is 20.1. The molecule has 0 bridgehead atoms. The number of carbonyl (C=O) groups is 1. The van der Waals surface area contributed by atoms with Gasteiger partial charge in [-0.15, -0.1) is 0 Å². The molecule has 1 aliphatic carbocycles. The van der Waals surface area contributed by atoms with Crippen molar-refractivity contribution in [1.82, 2.24) is 14.6 Å². The van der Waals surface area contributed by atoms with Crippen LogP contribution in [0.15, 0.2) is 18.5 Å². The maximum Gasteiger partial charge on any atom is 0.311 e. The van der Waals surface area contributed by atoms with E-state index >= 15 is 0 Å². The highest BCUT2D eigenvalue weighted by atomic mass is 16.6. The quantitative estimate of drug-likeness (QED) is 0.619. The van der Waals surface area contributed by atoms with E-state index in [1.807, 2.05) is 6.07 Å². The minimum absolute atomic E-state index is 0.239. The number of esters is 1. The van der Waals surface area contributed by atoms with Crippen LogP contribution in [0, 0.1) is 16.7 Å². The summed E-state index contributed by atoms with van der Waals surface area (Å²) < 4.78 is 12.5. The fraction of sp³-hybridized carbons (Fsp3) is 0.556. The molecule has 28 heavy (non-hydrogen) atoms. The van der Waals surface area contributed by atoms with Crippen molar-refractivity contribution in [3.05, 3.63) is 24.2 Å². The van der Waals surface area contributed by atoms with Crippen LogP contribution < -0.4 is 5.73 Å². The number of aliphatic hydroxyl groups excluding tert-OH is 2. The van der Waals surface area contributed by atoms with Gasteiger partial charge in [0.15, 0.2) is 5.82 Å². The van der Waals surface area contributed by atoms with Crippen molar-refractivity contribution in [3.8, 4) is 6.07 Å². The van der Waals surface area contributed by atoms with Gasteiger partial charge in [-0.05, 0) is 31.9 Å². The van der Waals surface area contributed by atoms with Gasteiger partial charge < -0.3 is 25.4 Å². The van der Waals surface area contributed by atoms with E-state index < -0.39 is 41.9 Å². The number of rotatable bonds is 4.